The Morgan fingerprint density at radius 3 is 2.45 bits per heavy atom. The van der Waals surface area contributed by atoms with Crippen LogP contribution >= 0.6 is 0 Å². The molecule has 0 aliphatic rings. The number of rotatable bonds is 1. The number of hydrogen-bond donors (Lipinski definition) is 0. The SMILES string of the molecule is CCc1c[c-]ccc1C.[CH3-].[Y]. The summed E-state index contributed by atoms with van der Waals surface area (Å²) in [6.45, 7) is 4.29. The average molecular weight is 223 g/mol. The molecule has 1 radical (unpaired) electrons. The maximum atomic E-state index is 3.05. The summed E-state index contributed by atoms with van der Waals surface area (Å²) in [6, 6.07) is 9.15. The quantitative estimate of drug-likeness (QED) is 0.642. The van der Waals surface area contributed by atoms with Gasteiger partial charge in [-0.05, 0) is 0 Å². The summed E-state index contributed by atoms with van der Waals surface area (Å²) in [4.78, 5) is 0. The Labute approximate surface area is 95.3 Å². The summed E-state index contributed by atoms with van der Waals surface area (Å²) in [5, 5.41) is 0. The zero-order valence-corrected chi connectivity index (χ0v) is 10.4. The zero-order valence-electron chi connectivity index (χ0n) is 7.52. The molecule has 0 bridgehead atoms. The molecule has 1 heteroatoms. The van der Waals surface area contributed by atoms with Crippen molar-refractivity contribution in [3.05, 3.63) is 42.8 Å². The Kier molecular flexibility index (Phi) is 8.83. The molecule has 0 aliphatic carbocycles. The van der Waals surface area contributed by atoms with Gasteiger partial charge in [-0.15, -0.1) is 0 Å². The van der Waals surface area contributed by atoms with Crippen LogP contribution in [0.25, 0.3) is 0 Å². The Morgan fingerprint density at radius 1 is 1.45 bits per heavy atom. The van der Waals surface area contributed by atoms with E-state index in [2.05, 4.69) is 32.0 Å². The van der Waals surface area contributed by atoms with E-state index in [9.17, 15) is 0 Å². The first-order valence-electron chi connectivity index (χ1n) is 3.30. The minimum Gasteiger partial charge on any atom is -0.358 e. The van der Waals surface area contributed by atoms with Crippen LogP contribution in [0.3, 0.4) is 0 Å². The Hall–Kier alpha value is 0.324. The van der Waals surface area contributed by atoms with Gasteiger partial charge < -0.3 is 7.43 Å². The molecule has 0 spiro atoms. The van der Waals surface area contributed by atoms with E-state index in [1.807, 2.05) is 6.07 Å². The van der Waals surface area contributed by atoms with Crippen LogP contribution in [0.4, 0.5) is 0 Å². The maximum Gasteiger partial charge on any atom is 0 e. The summed E-state index contributed by atoms with van der Waals surface area (Å²) in [5.41, 5.74) is 2.77. The van der Waals surface area contributed by atoms with Gasteiger partial charge >= 0.3 is 0 Å². The van der Waals surface area contributed by atoms with Crippen LogP contribution in [-0.4, -0.2) is 0 Å². The van der Waals surface area contributed by atoms with Crippen molar-refractivity contribution in [2.45, 2.75) is 20.3 Å². The van der Waals surface area contributed by atoms with Crippen LogP contribution in [0.5, 0.6) is 0 Å². The van der Waals surface area contributed by atoms with E-state index in [4.69, 9.17) is 0 Å². The first-order valence-corrected chi connectivity index (χ1v) is 3.30. The van der Waals surface area contributed by atoms with Crippen LogP contribution in [0, 0.1) is 20.4 Å². The van der Waals surface area contributed by atoms with Gasteiger partial charge in [0, 0.05) is 32.7 Å². The minimum absolute atomic E-state index is 0. The van der Waals surface area contributed by atoms with Gasteiger partial charge in [-0.25, -0.2) is 0 Å². The molecule has 0 aromatic heterocycles. The summed E-state index contributed by atoms with van der Waals surface area (Å²) < 4.78 is 0. The fourth-order valence-corrected chi connectivity index (χ4v) is 0.924. The molecule has 0 unspecified atom stereocenters. The molecule has 1 rings (SSSR count). The molecule has 0 heterocycles. The van der Waals surface area contributed by atoms with Gasteiger partial charge in [-0.3, -0.25) is 0 Å². The molecule has 11 heavy (non-hydrogen) atoms. The van der Waals surface area contributed by atoms with Gasteiger partial charge in [0.2, 0.25) is 0 Å². The first-order chi connectivity index (χ1) is 4.34. The van der Waals surface area contributed by atoms with E-state index in [0.717, 1.165) is 6.42 Å². The van der Waals surface area contributed by atoms with Crippen LogP contribution in [0.15, 0.2) is 18.2 Å². The average Bonchev–Trinajstić information content (AvgIpc) is 1.89. The summed E-state index contributed by atoms with van der Waals surface area (Å²) in [5.74, 6) is 0. The normalized spacial score (nSPS) is 7.82. The second-order valence-corrected chi connectivity index (χ2v) is 2.21. The number of benzene rings is 1. The molecule has 0 amide bonds. The van der Waals surface area contributed by atoms with Crippen molar-refractivity contribution < 1.29 is 32.7 Å². The van der Waals surface area contributed by atoms with E-state index in [-0.39, 0.29) is 40.1 Å². The van der Waals surface area contributed by atoms with Crippen molar-refractivity contribution in [2.75, 3.05) is 0 Å². The molecule has 0 saturated heterocycles. The van der Waals surface area contributed by atoms with Crippen LogP contribution in [0.1, 0.15) is 18.1 Å². The second-order valence-electron chi connectivity index (χ2n) is 2.21. The maximum absolute atomic E-state index is 3.05. The van der Waals surface area contributed by atoms with Crippen LogP contribution in [-0.2, 0) is 39.1 Å². The first kappa shape index (κ1) is 13.9. The predicted octanol–water partition coefficient (Wildman–Crippen LogP) is 2.81. The molecule has 0 atom stereocenters. The van der Waals surface area contributed by atoms with Gasteiger partial charge in [-0.1, -0.05) is 20.3 Å². The van der Waals surface area contributed by atoms with Crippen LogP contribution in [0.2, 0.25) is 0 Å². The van der Waals surface area contributed by atoms with Crippen molar-refractivity contribution in [1.29, 1.82) is 0 Å². The summed E-state index contributed by atoms with van der Waals surface area (Å²) in [7, 11) is 0. The molecule has 1 aromatic carbocycles. The fraction of sp³-hybridized carbons (Fsp3) is 0.300. The molecule has 0 saturated carbocycles. The van der Waals surface area contributed by atoms with E-state index >= 15 is 0 Å². The third-order valence-corrected chi connectivity index (χ3v) is 1.57. The third kappa shape index (κ3) is 4.03. The van der Waals surface area contributed by atoms with Gasteiger partial charge in [0.15, 0.2) is 0 Å². The van der Waals surface area contributed by atoms with Crippen molar-refractivity contribution in [3.63, 3.8) is 0 Å². The monoisotopic (exact) mass is 223 g/mol. The predicted molar refractivity (Wildman–Crippen MR) is 45.8 cm³/mol. The third-order valence-electron chi connectivity index (χ3n) is 1.57. The molecule has 1 aromatic rings. The van der Waals surface area contributed by atoms with Gasteiger partial charge in [0.1, 0.15) is 0 Å². The molecular weight excluding hydrogens is 209 g/mol. The van der Waals surface area contributed by atoms with E-state index in [1.165, 1.54) is 11.1 Å². The van der Waals surface area contributed by atoms with E-state index < -0.39 is 0 Å². The molecule has 59 valence electrons. The fourth-order valence-electron chi connectivity index (χ4n) is 0.924. The Bertz CT molecular complexity index is 194. The number of hydrogen-bond acceptors (Lipinski definition) is 0. The van der Waals surface area contributed by atoms with Crippen molar-refractivity contribution >= 4 is 0 Å². The number of aryl methyl sites for hydroxylation is 2. The van der Waals surface area contributed by atoms with E-state index in [1.54, 1.807) is 0 Å². The van der Waals surface area contributed by atoms with Crippen molar-refractivity contribution in [2.24, 2.45) is 0 Å². The topological polar surface area (TPSA) is 0 Å². The second kappa shape index (κ2) is 7.00. The summed E-state index contributed by atoms with van der Waals surface area (Å²) in [6.07, 6.45) is 1.11. The standard InChI is InChI=1S/C9H11.CH3.Y/c1-3-9-7-5-4-6-8(9)2;;/h4,6-7H,3H2,1-2H3;1H3;/q2*-1;. The largest absolute Gasteiger partial charge is 0.358 e. The smallest absolute Gasteiger partial charge is 0 e. The molecule has 0 aliphatic heterocycles. The molecular formula is C10H14Y-2. The van der Waals surface area contributed by atoms with Crippen LogP contribution < -0.4 is 0 Å². The van der Waals surface area contributed by atoms with Gasteiger partial charge in [0.05, 0.1) is 0 Å². The van der Waals surface area contributed by atoms with Gasteiger partial charge in [-0.2, -0.15) is 35.4 Å². The molecule has 0 N–H and O–H groups in total. The Morgan fingerprint density at radius 2 is 2.09 bits per heavy atom. The van der Waals surface area contributed by atoms with Gasteiger partial charge in [0.25, 0.3) is 0 Å². The zero-order chi connectivity index (χ0) is 6.69. The molecule has 0 fully saturated rings. The van der Waals surface area contributed by atoms with Crippen molar-refractivity contribution in [3.8, 4) is 0 Å². The Balaban J connectivity index is 0. The van der Waals surface area contributed by atoms with E-state index in [0.29, 0.717) is 0 Å². The molecule has 0 nitrogen and oxygen atoms in total. The minimum atomic E-state index is 0. The van der Waals surface area contributed by atoms with Crippen molar-refractivity contribution in [1.82, 2.24) is 0 Å². The summed E-state index contributed by atoms with van der Waals surface area (Å²) >= 11 is 0.